The summed E-state index contributed by atoms with van der Waals surface area (Å²) in [5, 5.41) is 0. The lowest BCUT2D eigenvalue weighted by Crippen LogP contribution is -2.43. The highest BCUT2D eigenvalue weighted by molar-refractivity contribution is 6.10. The minimum Gasteiger partial charge on any atom is -0.299 e. The van der Waals surface area contributed by atoms with E-state index in [-0.39, 0.29) is 17.0 Å². The molecule has 0 radical (unpaired) electrons. The zero-order valence-corrected chi connectivity index (χ0v) is 9.22. The summed E-state index contributed by atoms with van der Waals surface area (Å²) >= 11 is 0. The topological polar surface area (TPSA) is 34.1 Å². The highest BCUT2D eigenvalue weighted by Crippen LogP contribution is 2.64. The van der Waals surface area contributed by atoms with Crippen LogP contribution in [0.3, 0.4) is 0 Å². The molecule has 2 fully saturated rings. The summed E-state index contributed by atoms with van der Waals surface area (Å²) in [6.07, 6.45) is 3.00. The van der Waals surface area contributed by atoms with Gasteiger partial charge in [-0.25, -0.2) is 0 Å². The largest absolute Gasteiger partial charge is 0.299 e. The molecule has 0 saturated heterocycles. The fraction of sp³-hybridized carbons (Fsp3) is 0.833. The molecular formula is C12H18O2. The first-order chi connectivity index (χ1) is 6.46. The third-order valence-electron chi connectivity index (χ3n) is 4.69. The van der Waals surface area contributed by atoms with Gasteiger partial charge in [-0.2, -0.15) is 0 Å². The Balaban J connectivity index is 2.49. The number of hydrogen-bond donors (Lipinski definition) is 0. The first kappa shape index (κ1) is 9.88. The highest BCUT2D eigenvalue weighted by Gasteiger charge is 2.67. The van der Waals surface area contributed by atoms with Crippen LogP contribution in [0.5, 0.6) is 0 Å². The minimum absolute atomic E-state index is 0.0861. The molecule has 2 aliphatic carbocycles. The van der Waals surface area contributed by atoms with Crippen molar-refractivity contribution < 1.29 is 9.59 Å². The molecule has 78 valence electrons. The molecule has 0 aromatic rings. The summed E-state index contributed by atoms with van der Waals surface area (Å²) in [5.74, 6) is 0.837. The molecule has 2 aliphatic rings. The molecule has 0 aliphatic heterocycles. The molecule has 2 rings (SSSR count). The van der Waals surface area contributed by atoms with Gasteiger partial charge in [0.25, 0.3) is 0 Å². The van der Waals surface area contributed by atoms with Crippen molar-refractivity contribution in [1.29, 1.82) is 0 Å². The Morgan fingerprint density at radius 1 is 1.50 bits per heavy atom. The normalized spacial score (nSPS) is 39.1. The average Bonchev–Trinajstić information content (AvgIpc) is 2.49. The fourth-order valence-corrected chi connectivity index (χ4v) is 3.63. The standard InChI is InChI=1S/C12H18O2/c1-4-9(13)12-6-5-8(7-10(12)14)11(12,2)3/h8H,4-7H2,1-3H3. The van der Waals surface area contributed by atoms with Crippen LogP contribution in [0.4, 0.5) is 0 Å². The Bertz CT molecular complexity index is 303. The van der Waals surface area contributed by atoms with Crippen LogP contribution in [0.2, 0.25) is 0 Å². The van der Waals surface area contributed by atoms with Crippen molar-refractivity contribution in [2.24, 2.45) is 16.7 Å². The Labute approximate surface area is 85.1 Å². The lowest BCUT2D eigenvalue weighted by atomic mass is 9.66. The number of carbonyl (C=O) groups is 2. The maximum atomic E-state index is 12.0. The summed E-state index contributed by atoms with van der Waals surface area (Å²) in [6.45, 7) is 6.07. The maximum Gasteiger partial charge on any atom is 0.147 e. The number of ketones is 2. The van der Waals surface area contributed by atoms with E-state index in [1.54, 1.807) is 0 Å². The number of Topliss-reactive ketones (excluding diaryl/α,β-unsaturated/α-hetero) is 2. The van der Waals surface area contributed by atoms with E-state index in [1.165, 1.54) is 0 Å². The molecule has 2 saturated carbocycles. The summed E-state index contributed by atoms with van der Waals surface area (Å²) in [6, 6.07) is 0. The monoisotopic (exact) mass is 194 g/mol. The van der Waals surface area contributed by atoms with Gasteiger partial charge in [0.1, 0.15) is 11.6 Å². The molecule has 0 aromatic heterocycles. The summed E-state index contributed by atoms with van der Waals surface area (Å²) in [5.41, 5.74) is -0.691. The molecule has 0 amide bonds. The SMILES string of the molecule is CCC(=O)C12CCC(CC1=O)C2(C)C. The number of fused-ring (bicyclic) bond motifs is 2. The van der Waals surface area contributed by atoms with E-state index in [9.17, 15) is 9.59 Å². The maximum absolute atomic E-state index is 12.0. The van der Waals surface area contributed by atoms with Crippen LogP contribution in [0.25, 0.3) is 0 Å². The van der Waals surface area contributed by atoms with Crippen molar-refractivity contribution in [3.63, 3.8) is 0 Å². The van der Waals surface area contributed by atoms with Gasteiger partial charge in [-0.05, 0) is 24.2 Å². The Kier molecular flexibility index (Phi) is 1.89. The molecule has 0 N–H and O–H groups in total. The summed E-state index contributed by atoms with van der Waals surface area (Å²) < 4.78 is 0. The molecule has 0 heterocycles. The number of carbonyl (C=O) groups excluding carboxylic acids is 2. The summed E-state index contributed by atoms with van der Waals surface area (Å²) in [4.78, 5) is 24.0. The van der Waals surface area contributed by atoms with Gasteiger partial charge in [0.15, 0.2) is 0 Å². The zero-order valence-electron chi connectivity index (χ0n) is 9.22. The molecule has 14 heavy (non-hydrogen) atoms. The predicted molar refractivity (Wildman–Crippen MR) is 53.9 cm³/mol. The van der Waals surface area contributed by atoms with Crippen LogP contribution < -0.4 is 0 Å². The lowest BCUT2D eigenvalue weighted by molar-refractivity contribution is -0.143. The van der Waals surface area contributed by atoms with Gasteiger partial charge in [-0.15, -0.1) is 0 Å². The molecule has 2 heteroatoms. The van der Waals surface area contributed by atoms with Gasteiger partial charge in [-0.3, -0.25) is 9.59 Å². The van der Waals surface area contributed by atoms with Crippen molar-refractivity contribution in [3.05, 3.63) is 0 Å². The fourth-order valence-electron chi connectivity index (χ4n) is 3.63. The second kappa shape index (κ2) is 2.68. The molecular weight excluding hydrogens is 176 g/mol. The van der Waals surface area contributed by atoms with Crippen molar-refractivity contribution in [3.8, 4) is 0 Å². The lowest BCUT2D eigenvalue weighted by Gasteiger charge is -2.34. The van der Waals surface area contributed by atoms with Gasteiger partial charge < -0.3 is 0 Å². The van der Waals surface area contributed by atoms with Gasteiger partial charge in [0.05, 0.1) is 5.41 Å². The Morgan fingerprint density at radius 3 is 2.50 bits per heavy atom. The van der Waals surface area contributed by atoms with Crippen molar-refractivity contribution in [1.82, 2.24) is 0 Å². The predicted octanol–water partition coefficient (Wildman–Crippen LogP) is 2.36. The second-order valence-electron chi connectivity index (χ2n) is 5.27. The molecule has 2 unspecified atom stereocenters. The van der Waals surface area contributed by atoms with E-state index < -0.39 is 5.41 Å². The molecule has 0 aromatic carbocycles. The average molecular weight is 194 g/mol. The Morgan fingerprint density at radius 2 is 2.14 bits per heavy atom. The van der Waals surface area contributed by atoms with Crippen molar-refractivity contribution in [2.75, 3.05) is 0 Å². The van der Waals surface area contributed by atoms with Gasteiger partial charge in [0.2, 0.25) is 0 Å². The third-order valence-corrected chi connectivity index (χ3v) is 4.69. The van der Waals surface area contributed by atoms with E-state index in [2.05, 4.69) is 13.8 Å². The Hall–Kier alpha value is -0.660. The van der Waals surface area contributed by atoms with Crippen LogP contribution in [0.1, 0.15) is 46.5 Å². The highest BCUT2D eigenvalue weighted by atomic mass is 16.2. The molecule has 2 bridgehead atoms. The quantitative estimate of drug-likeness (QED) is 0.632. The van der Waals surface area contributed by atoms with Crippen LogP contribution >= 0.6 is 0 Å². The van der Waals surface area contributed by atoms with E-state index in [0.717, 1.165) is 12.8 Å². The van der Waals surface area contributed by atoms with Crippen molar-refractivity contribution >= 4 is 11.6 Å². The van der Waals surface area contributed by atoms with Crippen LogP contribution in [0.15, 0.2) is 0 Å². The van der Waals surface area contributed by atoms with Crippen molar-refractivity contribution in [2.45, 2.75) is 46.5 Å². The zero-order chi connectivity index (χ0) is 10.6. The number of rotatable bonds is 2. The molecule has 0 spiro atoms. The third kappa shape index (κ3) is 0.825. The van der Waals surface area contributed by atoms with Crippen LogP contribution in [-0.2, 0) is 9.59 Å². The first-order valence-corrected chi connectivity index (χ1v) is 5.53. The van der Waals surface area contributed by atoms with Gasteiger partial charge in [-0.1, -0.05) is 20.8 Å². The second-order valence-corrected chi connectivity index (χ2v) is 5.27. The van der Waals surface area contributed by atoms with Gasteiger partial charge in [0, 0.05) is 12.8 Å². The van der Waals surface area contributed by atoms with E-state index in [1.807, 2.05) is 6.92 Å². The van der Waals surface area contributed by atoms with Gasteiger partial charge >= 0.3 is 0 Å². The van der Waals surface area contributed by atoms with Crippen LogP contribution in [0, 0.1) is 16.7 Å². The summed E-state index contributed by atoms with van der Waals surface area (Å²) in [7, 11) is 0. The van der Waals surface area contributed by atoms with E-state index >= 15 is 0 Å². The molecule has 2 atom stereocenters. The van der Waals surface area contributed by atoms with Crippen LogP contribution in [-0.4, -0.2) is 11.6 Å². The minimum atomic E-state index is -0.605. The number of hydrogen-bond acceptors (Lipinski definition) is 2. The van der Waals surface area contributed by atoms with E-state index in [4.69, 9.17) is 0 Å². The van der Waals surface area contributed by atoms with E-state index in [0.29, 0.717) is 18.8 Å². The smallest absolute Gasteiger partial charge is 0.147 e. The first-order valence-electron chi connectivity index (χ1n) is 5.53. The molecule has 2 nitrogen and oxygen atoms in total.